The van der Waals surface area contributed by atoms with Gasteiger partial charge in [0.1, 0.15) is 0 Å². The van der Waals surface area contributed by atoms with E-state index in [2.05, 4.69) is 46.5 Å². The van der Waals surface area contributed by atoms with Crippen LogP contribution in [0.2, 0.25) is 0 Å². The molecule has 1 fully saturated rings. The molecular weight excluding hydrogens is 290 g/mol. The van der Waals surface area contributed by atoms with Gasteiger partial charge in [-0.15, -0.1) is 0 Å². The maximum Gasteiger partial charge on any atom is 0.191 e. The van der Waals surface area contributed by atoms with Crippen molar-refractivity contribution in [2.75, 3.05) is 26.7 Å². The number of hydrogen-bond donors (Lipinski definition) is 2. The van der Waals surface area contributed by atoms with Gasteiger partial charge in [-0.3, -0.25) is 4.99 Å². The zero-order valence-electron chi connectivity index (χ0n) is 14.9. The van der Waals surface area contributed by atoms with Gasteiger partial charge < -0.3 is 20.1 Å². The van der Waals surface area contributed by atoms with Gasteiger partial charge in [0.25, 0.3) is 0 Å². The van der Waals surface area contributed by atoms with Crippen LogP contribution in [0.25, 0.3) is 0 Å². The molecule has 23 heavy (non-hydrogen) atoms. The second-order valence-corrected chi connectivity index (χ2v) is 6.56. The van der Waals surface area contributed by atoms with Crippen molar-refractivity contribution in [3.63, 3.8) is 0 Å². The predicted octanol–water partition coefficient (Wildman–Crippen LogP) is 2.34. The average Bonchev–Trinajstić information content (AvgIpc) is 3.02. The summed E-state index contributed by atoms with van der Waals surface area (Å²) >= 11 is 0. The Morgan fingerprint density at radius 2 is 2.17 bits per heavy atom. The van der Waals surface area contributed by atoms with Gasteiger partial charge in [-0.05, 0) is 31.7 Å². The van der Waals surface area contributed by atoms with Crippen LogP contribution >= 0.6 is 0 Å². The van der Waals surface area contributed by atoms with Crippen LogP contribution in [0.5, 0.6) is 0 Å². The SMILES string of the molecule is CCCN1CCC(NC(=NC)NCc2cc(C(C)C)no2)CC1. The third kappa shape index (κ3) is 5.53. The third-order valence-electron chi connectivity index (χ3n) is 4.29. The fraction of sp³-hybridized carbons (Fsp3) is 0.765. The van der Waals surface area contributed by atoms with E-state index in [1.165, 1.54) is 38.9 Å². The number of piperidine rings is 1. The lowest BCUT2D eigenvalue weighted by atomic mass is 10.1. The van der Waals surface area contributed by atoms with Gasteiger partial charge in [-0.2, -0.15) is 0 Å². The summed E-state index contributed by atoms with van der Waals surface area (Å²) < 4.78 is 5.35. The maximum atomic E-state index is 5.35. The van der Waals surface area contributed by atoms with E-state index in [1.807, 2.05) is 13.1 Å². The molecule has 0 saturated carbocycles. The second kappa shape index (κ2) is 8.91. The summed E-state index contributed by atoms with van der Waals surface area (Å²) in [5.74, 6) is 2.06. The topological polar surface area (TPSA) is 65.7 Å². The lowest BCUT2D eigenvalue weighted by Gasteiger charge is -2.32. The molecule has 0 radical (unpaired) electrons. The highest BCUT2D eigenvalue weighted by Crippen LogP contribution is 2.14. The van der Waals surface area contributed by atoms with Gasteiger partial charge in [0.2, 0.25) is 0 Å². The molecule has 0 spiro atoms. The van der Waals surface area contributed by atoms with Crippen LogP contribution in [0.1, 0.15) is 57.4 Å². The molecule has 2 heterocycles. The highest BCUT2D eigenvalue weighted by molar-refractivity contribution is 5.79. The zero-order valence-corrected chi connectivity index (χ0v) is 14.9. The Morgan fingerprint density at radius 1 is 1.43 bits per heavy atom. The van der Waals surface area contributed by atoms with Crippen molar-refractivity contribution in [1.29, 1.82) is 0 Å². The van der Waals surface area contributed by atoms with Crippen molar-refractivity contribution in [2.45, 2.75) is 58.5 Å². The molecule has 2 rings (SSSR count). The van der Waals surface area contributed by atoms with Crippen molar-refractivity contribution < 1.29 is 4.52 Å². The Morgan fingerprint density at radius 3 is 2.74 bits per heavy atom. The highest BCUT2D eigenvalue weighted by Gasteiger charge is 2.19. The Hall–Kier alpha value is -1.56. The molecule has 1 aliphatic heterocycles. The smallest absolute Gasteiger partial charge is 0.191 e. The van der Waals surface area contributed by atoms with Crippen LogP contribution in [0.15, 0.2) is 15.6 Å². The molecule has 6 nitrogen and oxygen atoms in total. The number of guanidine groups is 1. The molecule has 1 saturated heterocycles. The molecule has 6 heteroatoms. The number of aliphatic imine (C=N–C) groups is 1. The van der Waals surface area contributed by atoms with E-state index in [0.717, 1.165) is 17.4 Å². The summed E-state index contributed by atoms with van der Waals surface area (Å²) in [7, 11) is 1.81. The summed E-state index contributed by atoms with van der Waals surface area (Å²) in [4.78, 5) is 6.85. The number of aromatic nitrogens is 1. The molecule has 0 aliphatic carbocycles. The first kappa shape index (κ1) is 17.8. The Kier molecular flexibility index (Phi) is 6.89. The van der Waals surface area contributed by atoms with Crippen molar-refractivity contribution in [3.05, 3.63) is 17.5 Å². The minimum absolute atomic E-state index is 0.387. The first-order chi connectivity index (χ1) is 11.1. The minimum atomic E-state index is 0.387. The van der Waals surface area contributed by atoms with Gasteiger partial charge in [0.15, 0.2) is 11.7 Å². The molecule has 1 aliphatic rings. The quantitative estimate of drug-likeness (QED) is 0.622. The third-order valence-corrected chi connectivity index (χ3v) is 4.29. The second-order valence-electron chi connectivity index (χ2n) is 6.56. The summed E-state index contributed by atoms with van der Waals surface area (Å²) in [5, 5.41) is 10.9. The van der Waals surface area contributed by atoms with Gasteiger partial charge >= 0.3 is 0 Å². The van der Waals surface area contributed by atoms with E-state index in [0.29, 0.717) is 18.5 Å². The molecule has 0 aromatic carbocycles. The van der Waals surface area contributed by atoms with Crippen LogP contribution in [0, 0.1) is 0 Å². The number of hydrogen-bond acceptors (Lipinski definition) is 4. The maximum absolute atomic E-state index is 5.35. The first-order valence-corrected chi connectivity index (χ1v) is 8.77. The molecule has 0 bridgehead atoms. The van der Waals surface area contributed by atoms with Crippen molar-refractivity contribution in [3.8, 4) is 0 Å². The van der Waals surface area contributed by atoms with Crippen LogP contribution in [0.4, 0.5) is 0 Å². The Labute approximate surface area is 139 Å². The normalized spacial score (nSPS) is 17.7. The number of nitrogens with zero attached hydrogens (tertiary/aromatic N) is 3. The standard InChI is InChI=1S/C17H31N5O/c1-5-8-22-9-6-14(7-10-22)20-17(18-4)19-12-15-11-16(13(2)3)21-23-15/h11,13-14H,5-10,12H2,1-4H3,(H2,18,19,20). The lowest BCUT2D eigenvalue weighted by molar-refractivity contribution is 0.206. The van der Waals surface area contributed by atoms with Crippen molar-refractivity contribution in [2.24, 2.45) is 4.99 Å². The monoisotopic (exact) mass is 321 g/mol. The van der Waals surface area contributed by atoms with Gasteiger partial charge in [-0.25, -0.2) is 0 Å². The average molecular weight is 321 g/mol. The van der Waals surface area contributed by atoms with E-state index in [9.17, 15) is 0 Å². The fourth-order valence-electron chi connectivity index (χ4n) is 2.86. The first-order valence-electron chi connectivity index (χ1n) is 8.77. The molecule has 1 aromatic rings. The summed E-state index contributed by atoms with van der Waals surface area (Å²) in [6.07, 6.45) is 3.57. The highest BCUT2D eigenvalue weighted by atomic mass is 16.5. The van der Waals surface area contributed by atoms with Gasteiger partial charge in [-0.1, -0.05) is 25.9 Å². The van der Waals surface area contributed by atoms with Crippen LogP contribution < -0.4 is 10.6 Å². The molecule has 1 aromatic heterocycles. The summed E-state index contributed by atoms with van der Waals surface area (Å²) in [6.45, 7) is 10.6. The van der Waals surface area contributed by atoms with Gasteiger partial charge in [0.05, 0.1) is 12.2 Å². The van der Waals surface area contributed by atoms with Crippen molar-refractivity contribution >= 4 is 5.96 Å². The van der Waals surface area contributed by atoms with Crippen LogP contribution in [0.3, 0.4) is 0 Å². The molecule has 2 N–H and O–H groups in total. The zero-order chi connectivity index (χ0) is 16.7. The minimum Gasteiger partial charge on any atom is -0.359 e. The predicted molar refractivity (Wildman–Crippen MR) is 93.7 cm³/mol. The Bertz CT molecular complexity index is 489. The van der Waals surface area contributed by atoms with E-state index in [4.69, 9.17) is 4.52 Å². The summed E-state index contributed by atoms with van der Waals surface area (Å²) in [5.41, 5.74) is 0.994. The van der Waals surface area contributed by atoms with Crippen LogP contribution in [-0.4, -0.2) is 48.7 Å². The largest absolute Gasteiger partial charge is 0.359 e. The van der Waals surface area contributed by atoms with Crippen LogP contribution in [-0.2, 0) is 6.54 Å². The molecular formula is C17H31N5O. The fourth-order valence-corrected chi connectivity index (χ4v) is 2.86. The number of rotatable bonds is 6. The van der Waals surface area contributed by atoms with E-state index >= 15 is 0 Å². The number of likely N-dealkylation sites (tertiary alicyclic amines) is 1. The molecule has 0 amide bonds. The summed E-state index contributed by atoms with van der Waals surface area (Å²) in [6, 6.07) is 2.50. The van der Waals surface area contributed by atoms with Gasteiger partial charge in [0, 0.05) is 32.2 Å². The number of nitrogens with one attached hydrogen (secondary N) is 2. The Balaban J connectivity index is 1.75. The molecule has 0 unspecified atom stereocenters. The van der Waals surface area contributed by atoms with Crippen molar-refractivity contribution in [1.82, 2.24) is 20.7 Å². The van der Waals surface area contributed by atoms with E-state index in [-0.39, 0.29) is 0 Å². The molecule has 0 atom stereocenters. The van der Waals surface area contributed by atoms with E-state index < -0.39 is 0 Å². The molecule has 130 valence electrons. The lowest BCUT2D eigenvalue weighted by Crippen LogP contribution is -2.48. The van der Waals surface area contributed by atoms with E-state index in [1.54, 1.807) is 0 Å².